The number of hydrogen-bond donors (Lipinski definition) is 2. The van der Waals surface area contributed by atoms with Gasteiger partial charge < -0.3 is 15.7 Å². The number of nitrogens with two attached hydrogens (primary N) is 1. The molecular formula is C23H24F2N8O2. The number of amides is 1. The Kier molecular flexibility index (Phi) is 5.35. The number of benzene rings is 1. The SMILES string of the molecule is C[C@H]1CC[C@@H](c2nc3c4cc(F)cc(F)c4nc(N)n3n2)CN1C(=O)c1cnnc(C(C)(C)O)c1. The molecule has 1 aliphatic heterocycles. The summed E-state index contributed by atoms with van der Waals surface area (Å²) in [4.78, 5) is 23.6. The van der Waals surface area contributed by atoms with Crippen LogP contribution < -0.4 is 5.73 Å². The number of hydrogen-bond acceptors (Lipinski definition) is 8. The number of carbonyl (C=O) groups excluding carboxylic acids is 1. The normalized spacial score (nSPS) is 19.0. The quantitative estimate of drug-likeness (QED) is 0.455. The highest BCUT2D eigenvalue weighted by atomic mass is 19.1. The van der Waals surface area contributed by atoms with Crippen molar-refractivity contribution in [2.75, 3.05) is 12.3 Å². The highest BCUT2D eigenvalue weighted by molar-refractivity contribution is 5.94. The second-order valence-corrected chi connectivity index (χ2v) is 9.43. The fourth-order valence-electron chi connectivity index (χ4n) is 4.40. The van der Waals surface area contributed by atoms with Crippen LogP contribution in [0.25, 0.3) is 16.6 Å². The fraction of sp³-hybridized carbons (Fsp3) is 0.391. The molecular weight excluding hydrogens is 458 g/mol. The minimum Gasteiger partial charge on any atom is -0.384 e. The number of piperidine rings is 1. The standard InChI is InChI=1S/C23H24F2N8O2/c1-11-4-5-12(10-32(11)21(34)13-6-17(23(2,3)35)30-27-9-13)19-29-20-15-7-14(24)8-16(25)18(15)28-22(26)33(20)31-19/h6-9,11-12,35H,4-5,10H2,1-3H3,(H2,26,28)/t11-,12+/m0/s1. The molecule has 0 saturated carbocycles. The zero-order chi connectivity index (χ0) is 25.1. The molecule has 35 heavy (non-hydrogen) atoms. The number of carbonyl (C=O) groups is 1. The minimum absolute atomic E-state index is 0.0507. The van der Waals surface area contributed by atoms with E-state index >= 15 is 0 Å². The van der Waals surface area contributed by atoms with Crippen molar-refractivity contribution in [2.45, 2.75) is 51.2 Å². The summed E-state index contributed by atoms with van der Waals surface area (Å²) in [6.07, 6.45) is 2.78. The molecule has 5 rings (SSSR count). The third-order valence-electron chi connectivity index (χ3n) is 6.37. The zero-order valence-electron chi connectivity index (χ0n) is 19.4. The van der Waals surface area contributed by atoms with E-state index < -0.39 is 17.2 Å². The topological polar surface area (TPSA) is 135 Å². The van der Waals surface area contributed by atoms with E-state index in [2.05, 4.69) is 25.3 Å². The molecule has 4 heterocycles. The summed E-state index contributed by atoms with van der Waals surface area (Å²) >= 11 is 0. The minimum atomic E-state index is -1.24. The van der Waals surface area contributed by atoms with Crippen LogP contribution in [0.15, 0.2) is 24.4 Å². The Labute approximate surface area is 198 Å². The molecule has 2 atom stereocenters. The highest BCUT2D eigenvalue weighted by Crippen LogP contribution is 2.32. The lowest BCUT2D eigenvalue weighted by atomic mass is 9.92. The van der Waals surface area contributed by atoms with E-state index in [1.54, 1.807) is 18.7 Å². The molecule has 182 valence electrons. The fourth-order valence-corrected chi connectivity index (χ4v) is 4.40. The maximum atomic E-state index is 14.3. The third-order valence-corrected chi connectivity index (χ3v) is 6.37. The Bertz CT molecular complexity index is 1470. The van der Waals surface area contributed by atoms with Crippen LogP contribution in [-0.2, 0) is 5.60 Å². The number of anilines is 1. The summed E-state index contributed by atoms with van der Waals surface area (Å²) in [6, 6.07) is 3.38. The zero-order valence-corrected chi connectivity index (χ0v) is 19.4. The summed E-state index contributed by atoms with van der Waals surface area (Å²) in [5.74, 6) is -1.74. The molecule has 0 unspecified atom stereocenters. The van der Waals surface area contributed by atoms with Gasteiger partial charge in [0.15, 0.2) is 17.3 Å². The van der Waals surface area contributed by atoms with Crippen molar-refractivity contribution in [3.05, 3.63) is 53.1 Å². The van der Waals surface area contributed by atoms with Crippen LogP contribution in [0, 0.1) is 11.6 Å². The highest BCUT2D eigenvalue weighted by Gasteiger charge is 2.33. The van der Waals surface area contributed by atoms with Gasteiger partial charge in [-0.2, -0.15) is 14.7 Å². The maximum absolute atomic E-state index is 14.3. The second kappa shape index (κ2) is 8.15. The summed E-state index contributed by atoms with van der Waals surface area (Å²) in [5, 5.41) is 22.7. The van der Waals surface area contributed by atoms with Crippen molar-refractivity contribution < 1.29 is 18.7 Å². The van der Waals surface area contributed by atoms with Gasteiger partial charge in [-0.05, 0) is 45.7 Å². The van der Waals surface area contributed by atoms with Gasteiger partial charge in [0.1, 0.15) is 16.9 Å². The third kappa shape index (κ3) is 4.03. The van der Waals surface area contributed by atoms with Crippen LogP contribution in [0.1, 0.15) is 61.4 Å². The molecule has 1 fully saturated rings. The van der Waals surface area contributed by atoms with E-state index in [1.165, 1.54) is 16.8 Å². The Morgan fingerprint density at radius 1 is 1.20 bits per heavy atom. The van der Waals surface area contributed by atoms with Gasteiger partial charge in [-0.3, -0.25) is 4.79 Å². The number of rotatable bonds is 3. The van der Waals surface area contributed by atoms with E-state index in [0.717, 1.165) is 12.1 Å². The van der Waals surface area contributed by atoms with E-state index in [4.69, 9.17) is 5.73 Å². The number of aliphatic hydroxyl groups is 1. The predicted octanol–water partition coefficient (Wildman–Crippen LogP) is 2.56. The van der Waals surface area contributed by atoms with Gasteiger partial charge in [-0.25, -0.2) is 18.7 Å². The number of nitrogen functional groups attached to an aromatic ring is 1. The van der Waals surface area contributed by atoms with Crippen molar-refractivity contribution in [3.8, 4) is 0 Å². The summed E-state index contributed by atoms with van der Waals surface area (Å²) < 4.78 is 29.5. The number of halogens is 2. The van der Waals surface area contributed by atoms with Crippen molar-refractivity contribution in [2.24, 2.45) is 0 Å². The lowest BCUT2D eigenvalue weighted by molar-refractivity contribution is 0.0601. The van der Waals surface area contributed by atoms with Crippen molar-refractivity contribution in [1.82, 2.24) is 34.7 Å². The average molecular weight is 482 g/mol. The van der Waals surface area contributed by atoms with Crippen molar-refractivity contribution >= 4 is 28.4 Å². The average Bonchev–Trinajstić information content (AvgIpc) is 3.26. The molecule has 1 aliphatic rings. The molecule has 10 nitrogen and oxygen atoms in total. The molecule has 3 N–H and O–H groups in total. The molecule has 4 aromatic rings. The number of nitrogens with zero attached hydrogens (tertiary/aromatic N) is 7. The first-order valence-corrected chi connectivity index (χ1v) is 11.2. The van der Waals surface area contributed by atoms with Crippen LogP contribution in [0.2, 0.25) is 0 Å². The lowest BCUT2D eigenvalue weighted by Gasteiger charge is -2.37. The Balaban J connectivity index is 1.50. The molecule has 1 amide bonds. The van der Waals surface area contributed by atoms with E-state index in [1.807, 2.05) is 6.92 Å². The van der Waals surface area contributed by atoms with Gasteiger partial charge in [0.25, 0.3) is 5.91 Å². The second-order valence-electron chi connectivity index (χ2n) is 9.43. The van der Waals surface area contributed by atoms with E-state index in [-0.39, 0.29) is 40.4 Å². The van der Waals surface area contributed by atoms with E-state index in [0.29, 0.717) is 36.5 Å². The molecule has 0 spiro atoms. The Morgan fingerprint density at radius 2 is 1.97 bits per heavy atom. The molecule has 1 aromatic carbocycles. The number of likely N-dealkylation sites (tertiary alicyclic amines) is 1. The van der Waals surface area contributed by atoms with Crippen LogP contribution >= 0.6 is 0 Å². The number of fused-ring (bicyclic) bond motifs is 3. The van der Waals surface area contributed by atoms with Gasteiger partial charge in [0.2, 0.25) is 5.95 Å². The first-order valence-electron chi connectivity index (χ1n) is 11.2. The van der Waals surface area contributed by atoms with Gasteiger partial charge in [-0.1, -0.05) is 0 Å². The van der Waals surface area contributed by atoms with Crippen LogP contribution in [0.4, 0.5) is 14.7 Å². The summed E-state index contributed by atoms with van der Waals surface area (Å²) in [5.41, 5.74) is 5.47. The lowest BCUT2D eigenvalue weighted by Crippen LogP contribution is -2.45. The van der Waals surface area contributed by atoms with Crippen molar-refractivity contribution in [1.29, 1.82) is 0 Å². The van der Waals surface area contributed by atoms with Crippen LogP contribution in [0.3, 0.4) is 0 Å². The van der Waals surface area contributed by atoms with Crippen molar-refractivity contribution in [3.63, 3.8) is 0 Å². The molecule has 0 radical (unpaired) electrons. The maximum Gasteiger partial charge on any atom is 0.255 e. The molecule has 0 aliphatic carbocycles. The van der Waals surface area contributed by atoms with E-state index in [9.17, 15) is 18.7 Å². The van der Waals surface area contributed by atoms with Gasteiger partial charge in [0.05, 0.1) is 22.8 Å². The smallest absolute Gasteiger partial charge is 0.255 e. The monoisotopic (exact) mass is 482 g/mol. The molecule has 1 saturated heterocycles. The molecule has 12 heteroatoms. The largest absolute Gasteiger partial charge is 0.384 e. The molecule has 3 aromatic heterocycles. The predicted molar refractivity (Wildman–Crippen MR) is 122 cm³/mol. The first-order chi connectivity index (χ1) is 16.5. The first kappa shape index (κ1) is 23.0. The molecule has 0 bridgehead atoms. The Morgan fingerprint density at radius 3 is 2.71 bits per heavy atom. The van der Waals surface area contributed by atoms with Gasteiger partial charge in [-0.15, -0.1) is 5.10 Å². The van der Waals surface area contributed by atoms with Gasteiger partial charge in [0, 0.05) is 24.6 Å². The summed E-state index contributed by atoms with van der Waals surface area (Å²) in [7, 11) is 0. The summed E-state index contributed by atoms with van der Waals surface area (Å²) in [6.45, 7) is 5.42. The van der Waals surface area contributed by atoms with Crippen LogP contribution in [-0.4, -0.2) is 58.3 Å². The number of aromatic nitrogens is 6. The Hall–Kier alpha value is -3.80. The van der Waals surface area contributed by atoms with Crippen LogP contribution in [0.5, 0.6) is 0 Å². The van der Waals surface area contributed by atoms with Gasteiger partial charge >= 0.3 is 0 Å².